The van der Waals surface area contributed by atoms with Crippen LogP contribution in [0.15, 0.2) is 12.4 Å². The molecule has 0 bridgehead atoms. The lowest BCUT2D eigenvalue weighted by Gasteiger charge is -2.27. The van der Waals surface area contributed by atoms with Crippen molar-refractivity contribution in [1.29, 1.82) is 0 Å². The van der Waals surface area contributed by atoms with Gasteiger partial charge in [-0.25, -0.2) is 9.97 Å². The Balaban J connectivity index is 2.11. The summed E-state index contributed by atoms with van der Waals surface area (Å²) in [6.45, 7) is 2.01. The fourth-order valence-corrected chi connectivity index (χ4v) is 1.93. The molecule has 2 heterocycles. The van der Waals surface area contributed by atoms with Crippen LogP contribution in [0.1, 0.15) is 25.0 Å². The van der Waals surface area contributed by atoms with Crippen LogP contribution in [0.4, 0.5) is 5.82 Å². The summed E-state index contributed by atoms with van der Waals surface area (Å²) in [5.41, 5.74) is 0.572. The minimum Gasteiger partial charge on any atom is -0.481 e. The number of carboxylic acids is 1. The molecule has 1 aliphatic heterocycles. The first kappa shape index (κ1) is 10.9. The number of piperidine rings is 1. The van der Waals surface area contributed by atoms with E-state index in [9.17, 15) is 4.79 Å². The van der Waals surface area contributed by atoms with Gasteiger partial charge in [0.05, 0.1) is 12.1 Å². The number of aliphatic carboxylic acids is 1. The molecule has 1 aliphatic rings. The Morgan fingerprint density at radius 3 is 2.75 bits per heavy atom. The van der Waals surface area contributed by atoms with Crippen molar-refractivity contribution < 1.29 is 9.90 Å². The fraction of sp³-hybridized carbons (Fsp3) is 0.545. The van der Waals surface area contributed by atoms with Crippen LogP contribution in [-0.4, -0.2) is 34.1 Å². The van der Waals surface area contributed by atoms with Crippen LogP contribution in [0.5, 0.6) is 0 Å². The SMILES string of the molecule is O=C(O)Cc1cc(N2CCCCC2)ncn1. The van der Waals surface area contributed by atoms with Crippen molar-refractivity contribution in [2.45, 2.75) is 25.7 Å². The van der Waals surface area contributed by atoms with Gasteiger partial charge < -0.3 is 10.0 Å². The van der Waals surface area contributed by atoms with Gasteiger partial charge in [0.1, 0.15) is 12.1 Å². The largest absolute Gasteiger partial charge is 0.481 e. The van der Waals surface area contributed by atoms with Crippen molar-refractivity contribution in [3.8, 4) is 0 Å². The monoisotopic (exact) mass is 221 g/mol. The summed E-state index contributed by atoms with van der Waals surface area (Å²) in [6.07, 6.45) is 5.03. The maximum Gasteiger partial charge on any atom is 0.309 e. The lowest BCUT2D eigenvalue weighted by Crippen LogP contribution is -2.30. The highest BCUT2D eigenvalue weighted by Crippen LogP contribution is 2.17. The van der Waals surface area contributed by atoms with Gasteiger partial charge in [0.25, 0.3) is 0 Å². The molecular weight excluding hydrogens is 206 g/mol. The minimum absolute atomic E-state index is 0.0383. The van der Waals surface area contributed by atoms with Crippen molar-refractivity contribution in [2.24, 2.45) is 0 Å². The smallest absolute Gasteiger partial charge is 0.309 e. The first-order valence-electron chi connectivity index (χ1n) is 5.53. The molecule has 0 atom stereocenters. The number of carboxylic acid groups (broad SMARTS) is 1. The molecule has 5 nitrogen and oxygen atoms in total. The lowest BCUT2D eigenvalue weighted by atomic mass is 10.1. The van der Waals surface area contributed by atoms with E-state index >= 15 is 0 Å². The summed E-state index contributed by atoms with van der Waals surface area (Å²) in [5, 5.41) is 8.69. The van der Waals surface area contributed by atoms with Gasteiger partial charge in [0, 0.05) is 19.2 Å². The molecule has 2 rings (SSSR count). The molecule has 0 radical (unpaired) electrons. The molecule has 1 saturated heterocycles. The molecule has 86 valence electrons. The molecule has 1 N–H and O–H groups in total. The molecule has 0 saturated carbocycles. The Labute approximate surface area is 94.1 Å². The molecule has 1 aromatic heterocycles. The summed E-state index contributed by atoms with van der Waals surface area (Å²) in [4.78, 5) is 20.9. The van der Waals surface area contributed by atoms with Gasteiger partial charge in [-0.1, -0.05) is 0 Å². The van der Waals surface area contributed by atoms with Crippen LogP contribution in [0, 0.1) is 0 Å². The molecular formula is C11H15N3O2. The second kappa shape index (κ2) is 4.92. The first-order valence-corrected chi connectivity index (χ1v) is 5.53. The predicted octanol–water partition coefficient (Wildman–Crippen LogP) is 1.09. The van der Waals surface area contributed by atoms with E-state index in [-0.39, 0.29) is 6.42 Å². The van der Waals surface area contributed by atoms with Crippen LogP contribution >= 0.6 is 0 Å². The van der Waals surface area contributed by atoms with E-state index in [1.807, 2.05) is 0 Å². The Kier molecular flexibility index (Phi) is 3.34. The topological polar surface area (TPSA) is 66.3 Å². The van der Waals surface area contributed by atoms with Gasteiger partial charge in [-0.2, -0.15) is 0 Å². The van der Waals surface area contributed by atoms with E-state index < -0.39 is 5.97 Å². The number of anilines is 1. The third kappa shape index (κ3) is 2.68. The Hall–Kier alpha value is -1.65. The summed E-state index contributed by atoms with van der Waals surface area (Å²) < 4.78 is 0. The molecule has 1 aromatic rings. The van der Waals surface area contributed by atoms with Crippen LogP contribution in [0.25, 0.3) is 0 Å². The highest BCUT2D eigenvalue weighted by Gasteiger charge is 2.13. The van der Waals surface area contributed by atoms with Crippen molar-refractivity contribution >= 4 is 11.8 Å². The van der Waals surface area contributed by atoms with Crippen molar-refractivity contribution in [2.75, 3.05) is 18.0 Å². The maximum atomic E-state index is 10.6. The lowest BCUT2D eigenvalue weighted by molar-refractivity contribution is -0.136. The van der Waals surface area contributed by atoms with E-state index in [2.05, 4.69) is 14.9 Å². The fourth-order valence-electron chi connectivity index (χ4n) is 1.93. The maximum absolute atomic E-state index is 10.6. The third-order valence-corrected chi connectivity index (χ3v) is 2.72. The molecule has 0 aromatic carbocycles. The quantitative estimate of drug-likeness (QED) is 0.827. The Morgan fingerprint density at radius 1 is 1.31 bits per heavy atom. The highest BCUT2D eigenvalue weighted by molar-refractivity contribution is 5.69. The number of carbonyl (C=O) groups is 1. The van der Waals surface area contributed by atoms with Crippen molar-refractivity contribution in [3.05, 3.63) is 18.1 Å². The van der Waals surface area contributed by atoms with Crippen molar-refractivity contribution in [1.82, 2.24) is 9.97 Å². The van der Waals surface area contributed by atoms with E-state index in [0.29, 0.717) is 5.69 Å². The molecule has 1 fully saturated rings. The van der Waals surface area contributed by atoms with Gasteiger partial charge in [-0.3, -0.25) is 4.79 Å². The minimum atomic E-state index is -0.858. The average molecular weight is 221 g/mol. The second-order valence-corrected chi connectivity index (χ2v) is 3.99. The van der Waals surface area contributed by atoms with Gasteiger partial charge in [0.15, 0.2) is 0 Å². The number of hydrogen-bond donors (Lipinski definition) is 1. The van der Waals surface area contributed by atoms with E-state index in [1.165, 1.54) is 25.6 Å². The summed E-state index contributed by atoms with van der Waals surface area (Å²) in [7, 11) is 0. The zero-order chi connectivity index (χ0) is 11.4. The first-order chi connectivity index (χ1) is 7.75. The molecule has 0 aliphatic carbocycles. The summed E-state index contributed by atoms with van der Waals surface area (Å²) >= 11 is 0. The van der Waals surface area contributed by atoms with Crippen LogP contribution in [-0.2, 0) is 11.2 Å². The van der Waals surface area contributed by atoms with E-state index in [1.54, 1.807) is 6.07 Å². The molecule has 0 amide bonds. The number of aromatic nitrogens is 2. The van der Waals surface area contributed by atoms with Crippen LogP contribution in [0.2, 0.25) is 0 Å². The number of nitrogens with zero attached hydrogens (tertiary/aromatic N) is 3. The van der Waals surface area contributed by atoms with Crippen molar-refractivity contribution in [3.63, 3.8) is 0 Å². The van der Waals surface area contributed by atoms with E-state index in [4.69, 9.17) is 5.11 Å². The second-order valence-electron chi connectivity index (χ2n) is 3.99. The number of hydrogen-bond acceptors (Lipinski definition) is 4. The highest BCUT2D eigenvalue weighted by atomic mass is 16.4. The van der Waals surface area contributed by atoms with Gasteiger partial charge in [0.2, 0.25) is 0 Å². The molecule has 16 heavy (non-hydrogen) atoms. The summed E-state index contributed by atoms with van der Waals surface area (Å²) in [5.74, 6) is -0.00533. The predicted molar refractivity (Wildman–Crippen MR) is 59.4 cm³/mol. The Bertz CT molecular complexity index is 375. The standard InChI is InChI=1S/C11H15N3O2/c15-11(16)7-9-6-10(13-8-12-9)14-4-2-1-3-5-14/h6,8H,1-5,7H2,(H,15,16). The Morgan fingerprint density at radius 2 is 2.06 bits per heavy atom. The summed E-state index contributed by atoms with van der Waals surface area (Å²) in [6, 6.07) is 1.78. The average Bonchev–Trinajstić information content (AvgIpc) is 2.30. The normalized spacial score (nSPS) is 16.1. The van der Waals surface area contributed by atoms with Gasteiger partial charge in [-0.05, 0) is 19.3 Å². The van der Waals surface area contributed by atoms with Gasteiger partial charge >= 0.3 is 5.97 Å². The molecule has 5 heteroatoms. The third-order valence-electron chi connectivity index (χ3n) is 2.72. The zero-order valence-corrected chi connectivity index (χ0v) is 9.09. The molecule has 0 unspecified atom stereocenters. The zero-order valence-electron chi connectivity index (χ0n) is 9.09. The molecule has 0 spiro atoms. The van der Waals surface area contributed by atoms with Crippen LogP contribution in [0.3, 0.4) is 0 Å². The number of rotatable bonds is 3. The van der Waals surface area contributed by atoms with Gasteiger partial charge in [-0.15, -0.1) is 0 Å². The van der Waals surface area contributed by atoms with E-state index in [0.717, 1.165) is 18.9 Å². The van der Waals surface area contributed by atoms with Crippen LogP contribution < -0.4 is 4.90 Å².